The summed E-state index contributed by atoms with van der Waals surface area (Å²) in [5.74, 6) is 5.49. The Morgan fingerprint density at radius 3 is 2.41 bits per heavy atom. The number of hydrogen-bond donors (Lipinski definition) is 1. The lowest BCUT2D eigenvalue weighted by Crippen LogP contribution is -2.46. The van der Waals surface area contributed by atoms with Gasteiger partial charge in [-0.2, -0.15) is 13.2 Å². The van der Waals surface area contributed by atoms with Crippen molar-refractivity contribution in [2.75, 3.05) is 13.2 Å². The van der Waals surface area contributed by atoms with E-state index in [1.54, 1.807) is 38.1 Å². The van der Waals surface area contributed by atoms with Crippen molar-refractivity contribution in [2.45, 2.75) is 25.6 Å². The maximum absolute atomic E-state index is 12.6. The number of benzene rings is 2. The van der Waals surface area contributed by atoms with E-state index in [-0.39, 0.29) is 24.8 Å². The minimum absolute atomic E-state index is 0.0399. The van der Waals surface area contributed by atoms with Crippen molar-refractivity contribution in [1.82, 2.24) is 5.32 Å². The number of hydrogen-bond acceptors (Lipinski definition) is 3. The molecule has 0 aromatic heterocycles. The fraction of sp³-hybridized carbons (Fsp3) is 0.286. The van der Waals surface area contributed by atoms with Gasteiger partial charge >= 0.3 is 6.18 Å². The first-order valence-electron chi connectivity index (χ1n) is 8.56. The van der Waals surface area contributed by atoms with Crippen LogP contribution in [0.2, 0.25) is 5.02 Å². The first kappa shape index (κ1) is 22.4. The third-order valence-electron chi connectivity index (χ3n) is 3.67. The lowest BCUT2D eigenvalue weighted by molar-refractivity contribution is -0.137. The van der Waals surface area contributed by atoms with E-state index in [2.05, 4.69) is 17.2 Å². The molecule has 1 amide bonds. The summed E-state index contributed by atoms with van der Waals surface area (Å²) in [6, 6.07) is 11.2. The highest BCUT2D eigenvalue weighted by Gasteiger charge is 2.31. The highest BCUT2D eigenvalue weighted by molar-refractivity contribution is 6.30. The minimum atomic E-state index is -4.43. The zero-order chi connectivity index (χ0) is 21.5. The summed E-state index contributed by atoms with van der Waals surface area (Å²) < 4.78 is 48.8. The molecule has 0 atom stereocenters. The summed E-state index contributed by atoms with van der Waals surface area (Å²) in [6.07, 6.45) is -4.43. The Morgan fingerprint density at radius 2 is 1.76 bits per heavy atom. The molecule has 29 heavy (non-hydrogen) atoms. The van der Waals surface area contributed by atoms with Crippen LogP contribution in [0.1, 0.15) is 19.4 Å². The van der Waals surface area contributed by atoms with Crippen LogP contribution in [0.15, 0.2) is 48.5 Å². The average Bonchev–Trinajstić information content (AvgIpc) is 2.65. The van der Waals surface area contributed by atoms with Gasteiger partial charge in [0, 0.05) is 5.02 Å². The largest absolute Gasteiger partial charge is 0.481 e. The second kappa shape index (κ2) is 9.57. The Bertz CT molecular complexity index is 900. The van der Waals surface area contributed by atoms with Crippen molar-refractivity contribution in [1.29, 1.82) is 0 Å². The zero-order valence-electron chi connectivity index (χ0n) is 15.8. The molecular weight excluding hydrogens is 407 g/mol. The van der Waals surface area contributed by atoms with E-state index in [0.717, 1.165) is 12.1 Å². The SMILES string of the molecule is CC(C)(Oc1ccc(Cl)cc1)C(=O)NCC#CCOc1cccc(C(F)(F)F)c1. The molecule has 1 N–H and O–H groups in total. The summed E-state index contributed by atoms with van der Waals surface area (Å²) in [4.78, 5) is 12.3. The molecule has 8 heteroatoms. The maximum atomic E-state index is 12.6. The third-order valence-corrected chi connectivity index (χ3v) is 3.92. The highest BCUT2D eigenvalue weighted by atomic mass is 35.5. The van der Waals surface area contributed by atoms with Gasteiger partial charge in [0.25, 0.3) is 5.91 Å². The Labute approximate surface area is 172 Å². The molecule has 2 rings (SSSR count). The van der Waals surface area contributed by atoms with Crippen molar-refractivity contribution in [3.63, 3.8) is 0 Å². The number of nitrogens with one attached hydrogen (secondary N) is 1. The van der Waals surface area contributed by atoms with Gasteiger partial charge in [0.1, 0.15) is 18.1 Å². The number of alkyl halides is 3. The van der Waals surface area contributed by atoms with E-state index in [9.17, 15) is 18.0 Å². The normalized spacial score (nSPS) is 11.2. The second-order valence-electron chi connectivity index (χ2n) is 6.42. The molecule has 0 fully saturated rings. The molecule has 0 radical (unpaired) electrons. The fourth-order valence-corrected chi connectivity index (χ4v) is 2.30. The van der Waals surface area contributed by atoms with E-state index >= 15 is 0 Å². The Balaban J connectivity index is 1.79. The van der Waals surface area contributed by atoms with Crippen LogP contribution in [0.4, 0.5) is 13.2 Å². The molecule has 0 aliphatic heterocycles. The lowest BCUT2D eigenvalue weighted by atomic mass is 10.1. The Hall–Kier alpha value is -2.85. The lowest BCUT2D eigenvalue weighted by Gasteiger charge is -2.24. The molecular formula is C21H19ClF3NO3. The van der Waals surface area contributed by atoms with Gasteiger partial charge in [-0.25, -0.2) is 0 Å². The van der Waals surface area contributed by atoms with Crippen molar-refractivity contribution >= 4 is 17.5 Å². The van der Waals surface area contributed by atoms with Gasteiger partial charge in [0.15, 0.2) is 5.60 Å². The van der Waals surface area contributed by atoms with Gasteiger partial charge in [-0.3, -0.25) is 4.79 Å². The van der Waals surface area contributed by atoms with Gasteiger partial charge in [0.05, 0.1) is 12.1 Å². The summed E-state index contributed by atoms with van der Waals surface area (Å²) in [7, 11) is 0. The molecule has 0 saturated heterocycles. The molecule has 0 heterocycles. The standard InChI is InChI=1S/C21H19ClF3NO3/c1-20(2,29-17-10-8-16(22)9-11-17)19(27)26-12-3-4-13-28-18-7-5-6-15(14-18)21(23,24)25/h5-11,14H,12-13H2,1-2H3,(H,26,27). The summed E-state index contributed by atoms with van der Waals surface area (Å²) in [5.41, 5.74) is -1.93. The number of ether oxygens (including phenoxy) is 2. The zero-order valence-corrected chi connectivity index (χ0v) is 16.5. The van der Waals surface area contributed by atoms with Crippen LogP contribution >= 0.6 is 11.6 Å². The fourth-order valence-electron chi connectivity index (χ4n) is 2.18. The van der Waals surface area contributed by atoms with E-state index < -0.39 is 17.3 Å². The van der Waals surface area contributed by atoms with Gasteiger partial charge in [0.2, 0.25) is 0 Å². The molecule has 0 spiro atoms. The van der Waals surface area contributed by atoms with Crippen LogP contribution in [0.25, 0.3) is 0 Å². The quantitative estimate of drug-likeness (QED) is 0.681. The van der Waals surface area contributed by atoms with Crippen LogP contribution < -0.4 is 14.8 Å². The smallest absolute Gasteiger partial charge is 0.416 e. The van der Waals surface area contributed by atoms with Gasteiger partial charge < -0.3 is 14.8 Å². The molecule has 2 aromatic carbocycles. The van der Waals surface area contributed by atoms with Gasteiger partial charge in [-0.1, -0.05) is 29.5 Å². The Kier molecular flexibility index (Phi) is 7.40. The van der Waals surface area contributed by atoms with E-state index in [1.165, 1.54) is 12.1 Å². The summed E-state index contributed by atoms with van der Waals surface area (Å²) in [6.45, 7) is 3.16. The van der Waals surface area contributed by atoms with Crippen molar-refractivity contribution in [3.05, 3.63) is 59.1 Å². The summed E-state index contributed by atoms with van der Waals surface area (Å²) >= 11 is 5.81. The second-order valence-corrected chi connectivity index (χ2v) is 6.85. The van der Waals surface area contributed by atoms with Crippen LogP contribution in [-0.4, -0.2) is 24.7 Å². The van der Waals surface area contributed by atoms with E-state index in [0.29, 0.717) is 10.8 Å². The molecule has 0 saturated carbocycles. The van der Waals surface area contributed by atoms with Crippen LogP contribution in [0.3, 0.4) is 0 Å². The molecule has 0 unspecified atom stereocenters. The number of halogens is 4. The minimum Gasteiger partial charge on any atom is -0.481 e. The average molecular weight is 426 g/mol. The molecule has 0 bridgehead atoms. The van der Waals surface area contributed by atoms with Crippen molar-refractivity contribution in [2.24, 2.45) is 0 Å². The first-order chi connectivity index (χ1) is 13.6. The highest BCUT2D eigenvalue weighted by Crippen LogP contribution is 2.31. The third kappa shape index (κ3) is 7.24. The number of carbonyl (C=O) groups excluding carboxylic acids is 1. The van der Waals surface area contributed by atoms with Gasteiger partial charge in [-0.05, 0) is 56.3 Å². The predicted octanol–water partition coefficient (Wildman–Crippen LogP) is 4.71. The monoisotopic (exact) mass is 425 g/mol. The van der Waals surface area contributed by atoms with Crippen LogP contribution in [0.5, 0.6) is 11.5 Å². The van der Waals surface area contributed by atoms with E-state index in [1.807, 2.05) is 0 Å². The number of rotatable bonds is 6. The van der Waals surface area contributed by atoms with Crippen LogP contribution in [0, 0.1) is 11.8 Å². The molecule has 0 aliphatic rings. The maximum Gasteiger partial charge on any atom is 0.416 e. The first-order valence-corrected chi connectivity index (χ1v) is 8.94. The predicted molar refractivity (Wildman–Crippen MR) is 104 cm³/mol. The van der Waals surface area contributed by atoms with Crippen molar-refractivity contribution < 1.29 is 27.4 Å². The molecule has 154 valence electrons. The van der Waals surface area contributed by atoms with Crippen LogP contribution in [-0.2, 0) is 11.0 Å². The van der Waals surface area contributed by atoms with Crippen molar-refractivity contribution in [3.8, 4) is 23.3 Å². The number of carbonyl (C=O) groups is 1. The molecule has 4 nitrogen and oxygen atoms in total. The topological polar surface area (TPSA) is 47.6 Å². The Morgan fingerprint density at radius 1 is 1.07 bits per heavy atom. The molecule has 0 aliphatic carbocycles. The molecule has 2 aromatic rings. The van der Waals surface area contributed by atoms with E-state index in [4.69, 9.17) is 21.1 Å². The van der Waals surface area contributed by atoms with Gasteiger partial charge in [-0.15, -0.1) is 0 Å². The number of amides is 1. The summed E-state index contributed by atoms with van der Waals surface area (Å²) in [5, 5.41) is 3.17.